The highest BCUT2D eigenvalue weighted by Crippen LogP contribution is 2.37. The summed E-state index contributed by atoms with van der Waals surface area (Å²) in [6, 6.07) is 8.56. The third-order valence-corrected chi connectivity index (χ3v) is 4.88. The van der Waals surface area contributed by atoms with Gasteiger partial charge in [-0.2, -0.15) is 0 Å². The van der Waals surface area contributed by atoms with Gasteiger partial charge in [-0.3, -0.25) is 0 Å². The van der Waals surface area contributed by atoms with Crippen molar-refractivity contribution in [2.24, 2.45) is 5.73 Å². The van der Waals surface area contributed by atoms with Crippen LogP contribution in [-0.2, 0) is 0 Å². The number of rotatable bonds is 5. The van der Waals surface area contributed by atoms with E-state index in [4.69, 9.17) is 10.5 Å². The number of benzene rings is 1. The minimum Gasteiger partial charge on any atom is -0.496 e. The average Bonchev–Trinajstić information content (AvgIpc) is 2.94. The highest BCUT2D eigenvalue weighted by Gasteiger charge is 2.20. The fourth-order valence-corrected chi connectivity index (χ4v) is 3.46. The lowest BCUT2D eigenvalue weighted by molar-refractivity contribution is 0.410. The first-order chi connectivity index (χ1) is 9.95. The Morgan fingerprint density at radius 1 is 1.00 bits per heavy atom. The fraction of sp³-hybridized carbons (Fsp3) is 0.444. The number of methoxy groups -OCH3 is 1. The summed E-state index contributed by atoms with van der Waals surface area (Å²) in [6.45, 7) is 8.89. The van der Waals surface area contributed by atoms with Gasteiger partial charge in [-0.05, 0) is 40.0 Å². The second-order valence-corrected chi connectivity index (χ2v) is 6.98. The molecule has 1 aromatic heterocycles. The van der Waals surface area contributed by atoms with Crippen molar-refractivity contribution in [1.82, 2.24) is 0 Å². The standard InChI is InChI=1S/C18H25NOS/c1-11(2)13-6-7-14(15(10-13)12(3)4)17(19)18-16(20-5)8-9-21-18/h6-12,17H,19H2,1-5H3. The molecule has 2 N–H and O–H groups in total. The Bertz CT molecular complexity index is 601. The van der Waals surface area contributed by atoms with Gasteiger partial charge in [0.25, 0.3) is 0 Å². The van der Waals surface area contributed by atoms with Gasteiger partial charge in [0.1, 0.15) is 5.75 Å². The molecule has 0 fully saturated rings. The van der Waals surface area contributed by atoms with Crippen molar-refractivity contribution in [3.8, 4) is 5.75 Å². The van der Waals surface area contributed by atoms with Gasteiger partial charge in [0.15, 0.2) is 0 Å². The molecule has 0 radical (unpaired) electrons. The van der Waals surface area contributed by atoms with Crippen molar-refractivity contribution in [1.29, 1.82) is 0 Å². The van der Waals surface area contributed by atoms with Crippen LogP contribution < -0.4 is 10.5 Å². The molecule has 0 amide bonds. The highest BCUT2D eigenvalue weighted by molar-refractivity contribution is 7.10. The second kappa shape index (κ2) is 6.63. The Labute approximate surface area is 132 Å². The molecule has 0 saturated carbocycles. The molecular formula is C18H25NOS. The predicted molar refractivity (Wildman–Crippen MR) is 91.5 cm³/mol. The van der Waals surface area contributed by atoms with Crippen molar-refractivity contribution >= 4 is 11.3 Å². The van der Waals surface area contributed by atoms with E-state index < -0.39 is 0 Å². The first-order valence-corrected chi connectivity index (χ1v) is 8.34. The number of nitrogens with two attached hydrogens (primary N) is 1. The Morgan fingerprint density at radius 2 is 1.71 bits per heavy atom. The van der Waals surface area contributed by atoms with E-state index in [1.807, 2.05) is 11.4 Å². The Morgan fingerprint density at radius 3 is 2.29 bits per heavy atom. The second-order valence-electron chi connectivity index (χ2n) is 6.03. The van der Waals surface area contributed by atoms with Crippen LogP contribution in [0.2, 0.25) is 0 Å². The van der Waals surface area contributed by atoms with Gasteiger partial charge in [0.2, 0.25) is 0 Å². The van der Waals surface area contributed by atoms with Gasteiger partial charge in [-0.1, -0.05) is 45.9 Å². The largest absolute Gasteiger partial charge is 0.496 e. The van der Waals surface area contributed by atoms with E-state index in [2.05, 4.69) is 45.9 Å². The maximum atomic E-state index is 6.53. The molecule has 3 heteroatoms. The van der Waals surface area contributed by atoms with Crippen LogP contribution in [0.4, 0.5) is 0 Å². The molecule has 114 valence electrons. The first kappa shape index (κ1) is 16.1. The number of thiophene rings is 1. The zero-order chi connectivity index (χ0) is 15.6. The van der Waals surface area contributed by atoms with Crippen molar-refractivity contribution < 1.29 is 4.74 Å². The van der Waals surface area contributed by atoms with E-state index in [0.717, 1.165) is 10.6 Å². The van der Waals surface area contributed by atoms with Crippen molar-refractivity contribution in [2.75, 3.05) is 7.11 Å². The van der Waals surface area contributed by atoms with E-state index in [9.17, 15) is 0 Å². The SMILES string of the molecule is COc1ccsc1C(N)c1ccc(C(C)C)cc1C(C)C. The lowest BCUT2D eigenvalue weighted by Gasteiger charge is -2.21. The van der Waals surface area contributed by atoms with Crippen LogP contribution in [0.25, 0.3) is 0 Å². The quantitative estimate of drug-likeness (QED) is 0.838. The maximum absolute atomic E-state index is 6.53. The topological polar surface area (TPSA) is 35.2 Å². The molecule has 0 bridgehead atoms. The van der Waals surface area contributed by atoms with E-state index in [1.165, 1.54) is 16.7 Å². The van der Waals surface area contributed by atoms with E-state index >= 15 is 0 Å². The van der Waals surface area contributed by atoms with Crippen molar-refractivity contribution in [3.63, 3.8) is 0 Å². The lowest BCUT2D eigenvalue weighted by atomic mass is 9.88. The molecule has 1 aromatic carbocycles. The summed E-state index contributed by atoms with van der Waals surface area (Å²) in [7, 11) is 1.70. The van der Waals surface area contributed by atoms with E-state index in [-0.39, 0.29) is 6.04 Å². The van der Waals surface area contributed by atoms with Crippen LogP contribution in [0.15, 0.2) is 29.6 Å². The van der Waals surface area contributed by atoms with Crippen molar-refractivity contribution in [2.45, 2.75) is 45.6 Å². The van der Waals surface area contributed by atoms with E-state index in [1.54, 1.807) is 18.4 Å². The predicted octanol–water partition coefficient (Wildman–Crippen LogP) is 5.05. The zero-order valence-corrected chi connectivity index (χ0v) is 14.3. The molecule has 0 aliphatic carbocycles. The van der Waals surface area contributed by atoms with Gasteiger partial charge in [0, 0.05) is 0 Å². The van der Waals surface area contributed by atoms with Gasteiger partial charge < -0.3 is 10.5 Å². The summed E-state index contributed by atoms with van der Waals surface area (Å²) >= 11 is 1.66. The average molecular weight is 303 g/mol. The first-order valence-electron chi connectivity index (χ1n) is 7.46. The van der Waals surface area contributed by atoms with Crippen LogP contribution >= 0.6 is 11.3 Å². The Hall–Kier alpha value is -1.32. The van der Waals surface area contributed by atoms with Gasteiger partial charge >= 0.3 is 0 Å². The van der Waals surface area contributed by atoms with Crippen LogP contribution in [-0.4, -0.2) is 7.11 Å². The molecule has 2 aromatic rings. The Kier molecular flexibility index (Phi) is 5.07. The Balaban J connectivity index is 2.47. The molecule has 1 unspecified atom stereocenters. The van der Waals surface area contributed by atoms with Crippen molar-refractivity contribution in [3.05, 3.63) is 51.2 Å². The van der Waals surface area contributed by atoms with Crippen LogP contribution in [0, 0.1) is 0 Å². The van der Waals surface area contributed by atoms with E-state index in [0.29, 0.717) is 11.8 Å². The molecule has 1 heterocycles. The summed E-state index contributed by atoms with van der Waals surface area (Å²) in [4.78, 5) is 1.09. The molecule has 21 heavy (non-hydrogen) atoms. The smallest absolute Gasteiger partial charge is 0.134 e. The zero-order valence-electron chi connectivity index (χ0n) is 13.5. The molecule has 0 aliphatic rings. The summed E-state index contributed by atoms with van der Waals surface area (Å²) < 4.78 is 5.42. The number of hydrogen-bond donors (Lipinski definition) is 1. The molecule has 0 saturated heterocycles. The lowest BCUT2D eigenvalue weighted by Crippen LogP contribution is -2.14. The molecule has 1 atom stereocenters. The van der Waals surface area contributed by atoms with Gasteiger partial charge in [-0.25, -0.2) is 0 Å². The fourth-order valence-electron chi connectivity index (χ4n) is 2.58. The molecule has 0 spiro atoms. The van der Waals surface area contributed by atoms with Gasteiger partial charge in [0.05, 0.1) is 18.0 Å². The highest BCUT2D eigenvalue weighted by atomic mass is 32.1. The third-order valence-electron chi connectivity index (χ3n) is 3.89. The summed E-state index contributed by atoms with van der Waals surface area (Å²) in [6.07, 6.45) is 0. The summed E-state index contributed by atoms with van der Waals surface area (Å²) in [5, 5.41) is 2.03. The van der Waals surface area contributed by atoms with Gasteiger partial charge in [-0.15, -0.1) is 11.3 Å². The minimum atomic E-state index is -0.126. The molecule has 0 aliphatic heterocycles. The van der Waals surface area contributed by atoms with Crippen LogP contribution in [0.5, 0.6) is 5.75 Å². The molecular weight excluding hydrogens is 278 g/mol. The van der Waals surface area contributed by atoms with Crippen LogP contribution in [0.3, 0.4) is 0 Å². The maximum Gasteiger partial charge on any atom is 0.134 e. The molecule has 2 rings (SSSR count). The number of ether oxygens (including phenoxy) is 1. The monoisotopic (exact) mass is 303 g/mol. The minimum absolute atomic E-state index is 0.126. The summed E-state index contributed by atoms with van der Waals surface area (Å²) in [5.41, 5.74) is 10.4. The molecule has 2 nitrogen and oxygen atoms in total. The normalized spacial score (nSPS) is 13.0. The third kappa shape index (κ3) is 3.30. The van der Waals surface area contributed by atoms with Crippen LogP contribution in [0.1, 0.15) is 67.1 Å². The number of hydrogen-bond acceptors (Lipinski definition) is 3. The summed E-state index contributed by atoms with van der Waals surface area (Å²) in [5.74, 6) is 1.87.